The first-order valence-electron chi connectivity index (χ1n) is 11.1. The van der Waals surface area contributed by atoms with Crippen LogP contribution in [0.2, 0.25) is 0 Å². The molecule has 0 atom stereocenters. The van der Waals surface area contributed by atoms with Gasteiger partial charge in [-0.3, -0.25) is 14.8 Å². The second-order valence-corrected chi connectivity index (χ2v) is 8.34. The molecule has 172 valence electrons. The second-order valence-electron chi connectivity index (χ2n) is 8.34. The molecule has 0 aromatic heterocycles. The van der Waals surface area contributed by atoms with Gasteiger partial charge in [-0.2, -0.15) is 0 Å². The van der Waals surface area contributed by atoms with Gasteiger partial charge < -0.3 is 15.4 Å². The van der Waals surface area contributed by atoms with Gasteiger partial charge in [0.15, 0.2) is 5.96 Å². The van der Waals surface area contributed by atoms with E-state index in [0.717, 1.165) is 64.9 Å². The van der Waals surface area contributed by atoms with E-state index in [9.17, 15) is 0 Å². The Hall–Kier alpha value is -0.900. The maximum absolute atomic E-state index is 5.42. The number of hydrogen-bond acceptors (Lipinski definition) is 4. The lowest BCUT2D eigenvalue weighted by Gasteiger charge is -2.30. The first-order chi connectivity index (χ1) is 14.0. The molecule has 6 nitrogen and oxygen atoms in total. The summed E-state index contributed by atoms with van der Waals surface area (Å²) in [5.74, 6) is 0.864. The predicted octanol–water partition coefficient (Wildman–Crippen LogP) is 3.31. The number of benzene rings is 1. The summed E-state index contributed by atoms with van der Waals surface area (Å²) in [5, 5.41) is 6.85. The number of morpholine rings is 1. The normalized spacial score (nSPS) is 15.5. The number of ether oxygens (including phenoxy) is 1. The number of aliphatic imine (C=N–C) groups is 1. The third kappa shape index (κ3) is 9.94. The van der Waals surface area contributed by atoms with E-state index in [1.807, 2.05) is 7.05 Å². The second kappa shape index (κ2) is 15.0. The molecule has 0 unspecified atom stereocenters. The standard InChI is InChI=1S/C23H41N5O.HI/c1-19(2)28(20(3)4)12-6-11-25-23(24-5)26-17-21-7-9-22(10-8-21)18-27-13-15-29-16-14-27;/h7-10,19-20H,6,11-18H2,1-5H3,(H2,24,25,26);1H. The fourth-order valence-electron chi connectivity index (χ4n) is 3.77. The van der Waals surface area contributed by atoms with Gasteiger partial charge in [0.2, 0.25) is 0 Å². The molecule has 1 saturated heterocycles. The van der Waals surface area contributed by atoms with Crippen molar-refractivity contribution in [2.24, 2.45) is 4.99 Å². The Morgan fingerprint density at radius 3 is 2.20 bits per heavy atom. The lowest BCUT2D eigenvalue weighted by atomic mass is 10.1. The SMILES string of the molecule is CN=C(NCCCN(C(C)C)C(C)C)NCc1ccc(CN2CCOCC2)cc1.I. The van der Waals surface area contributed by atoms with E-state index in [-0.39, 0.29) is 24.0 Å². The quantitative estimate of drug-likeness (QED) is 0.210. The number of nitrogens with zero attached hydrogens (tertiary/aromatic N) is 3. The zero-order chi connectivity index (χ0) is 21.1. The van der Waals surface area contributed by atoms with Crippen LogP contribution >= 0.6 is 24.0 Å². The number of nitrogens with one attached hydrogen (secondary N) is 2. The minimum atomic E-state index is 0. The molecule has 1 aromatic carbocycles. The summed E-state index contributed by atoms with van der Waals surface area (Å²) >= 11 is 0. The molecule has 1 aliphatic rings. The lowest BCUT2D eigenvalue weighted by Crippen LogP contribution is -2.41. The molecule has 2 rings (SSSR count). The van der Waals surface area contributed by atoms with Gasteiger partial charge in [0.05, 0.1) is 13.2 Å². The van der Waals surface area contributed by atoms with Gasteiger partial charge in [0.25, 0.3) is 0 Å². The molecule has 1 aromatic rings. The largest absolute Gasteiger partial charge is 0.379 e. The van der Waals surface area contributed by atoms with Gasteiger partial charge in [-0.15, -0.1) is 24.0 Å². The van der Waals surface area contributed by atoms with Crippen LogP contribution in [0.15, 0.2) is 29.3 Å². The fourth-order valence-corrected chi connectivity index (χ4v) is 3.77. The Morgan fingerprint density at radius 1 is 1.03 bits per heavy atom. The van der Waals surface area contributed by atoms with Crippen LogP contribution in [0.4, 0.5) is 0 Å². The highest BCUT2D eigenvalue weighted by molar-refractivity contribution is 14.0. The molecule has 0 amide bonds. The van der Waals surface area contributed by atoms with Gasteiger partial charge in [0, 0.05) is 58.4 Å². The summed E-state index contributed by atoms with van der Waals surface area (Å²) in [5.41, 5.74) is 2.63. The molecule has 1 fully saturated rings. The van der Waals surface area contributed by atoms with E-state index in [4.69, 9.17) is 4.74 Å². The van der Waals surface area contributed by atoms with Crippen LogP contribution in [0.3, 0.4) is 0 Å². The molecule has 0 aliphatic carbocycles. The van der Waals surface area contributed by atoms with Gasteiger partial charge in [0.1, 0.15) is 0 Å². The molecule has 2 N–H and O–H groups in total. The predicted molar refractivity (Wildman–Crippen MR) is 138 cm³/mol. The molecular formula is C23H42IN5O. The topological polar surface area (TPSA) is 52.1 Å². The Balaban J connectivity index is 0.00000450. The van der Waals surface area contributed by atoms with Crippen molar-refractivity contribution >= 4 is 29.9 Å². The maximum atomic E-state index is 5.42. The highest BCUT2D eigenvalue weighted by Gasteiger charge is 2.12. The van der Waals surface area contributed by atoms with Crippen molar-refractivity contribution in [3.05, 3.63) is 35.4 Å². The van der Waals surface area contributed by atoms with Crippen LogP contribution in [0, 0.1) is 0 Å². The monoisotopic (exact) mass is 531 g/mol. The van der Waals surface area contributed by atoms with Crippen molar-refractivity contribution in [1.82, 2.24) is 20.4 Å². The number of hydrogen-bond donors (Lipinski definition) is 2. The lowest BCUT2D eigenvalue weighted by molar-refractivity contribution is 0.0342. The van der Waals surface area contributed by atoms with E-state index in [1.165, 1.54) is 11.1 Å². The minimum absolute atomic E-state index is 0. The van der Waals surface area contributed by atoms with Crippen molar-refractivity contribution in [3.63, 3.8) is 0 Å². The molecule has 30 heavy (non-hydrogen) atoms. The zero-order valence-electron chi connectivity index (χ0n) is 19.5. The summed E-state index contributed by atoms with van der Waals surface area (Å²) in [4.78, 5) is 9.32. The molecule has 0 bridgehead atoms. The molecule has 0 radical (unpaired) electrons. The van der Waals surface area contributed by atoms with Crippen molar-refractivity contribution in [1.29, 1.82) is 0 Å². The van der Waals surface area contributed by atoms with Crippen LogP contribution < -0.4 is 10.6 Å². The molecule has 7 heteroatoms. The Bertz CT molecular complexity index is 592. The van der Waals surface area contributed by atoms with Crippen LogP contribution in [0.1, 0.15) is 45.2 Å². The first-order valence-corrected chi connectivity index (χ1v) is 11.1. The summed E-state index contributed by atoms with van der Waals surface area (Å²) in [6.07, 6.45) is 1.10. The van der Waals surface area contributed by atoms with Crippen molar-refractivity contribution in [3.8, 4) is 0 Å². The van der Waals surface area contributed by atoms with Gasteiger partial charge >= 0.3 is 0 Å². The summed E-state index contributed by atoms with van der Waals surface area (Å²) in [6, 6.07) is 10.0. The summed E-state index contributed by atoms with van der Waals surface area (Å²) in [6.45, 7) is 16.6. The Kier molecular flexibility index (Phi) is 13.6. The number of guanidine groups is 1. The van der Waals surface area contributed by atoms with Gasteiger partial charge in [-0.25, -0.2) is 0 Å². The highest BCUT2D eigenvalue weighted by Crippen LogP contribution is 2.09. The minimum Gasteiger partial charge on any atom is -0.379 e. The van der Waals surface area contributed by atoms with Crippen LogP contribution in [-0.2, 0) is 17.8 Å². The van der Waals surface area contributed by atoms with Crippen molar-refractivity contribution < 1.29 is 4.74 Å². The molecule has 1 aliphatic heterocycles. The van der Waals surface area contributed by atoms with Crippen molar-refractivity contribution in [2.75, 3.05) is 46.4 Å². The average molecular weight is 532 g/mol. The molecular weight excluding hydrogens is 489 g/mol. The van der Waals surface area contributed by atoms with E-state index < -0.39 is 0 Å². The van der Waals surface area contributed by atoms with Crippen LogP contribution in [0.5, 0.6) is 0 Å². The van der Waals surface area contributed by atoms with Crippen LogP contribution in [0.25, 0.3) is 0 Å². The van der Waals surface area contributed by atoms with Crippen molar-refractivity contribution in [2.45, 2.75) is 59.3 Å². The maximum Gasteiger partial charge on any atom is 0.191 e. The zero-order valence-corrected chi connectivity index (χ0v) is 21.8. The molecule has 1 heterocycles. The van der Waals surface area contributed by atoms with E-state index >= 15 is 0 Å². The first kappa shape index (κ1) is 27.1. The fraction of sp³-hybridized carbons (Fsp3) is 0.696. The Labute approximate surface area is 200 Å². The third-order valence-electron chi connectivity index (χ3n) is 5.43. The summed E-state index contributed by atoms with van der Waals surface area (Å²) in [7, 11) is 1.83. The summed E-state index contributed by atoms with van der Waals surface area (Å²) < 4.78 is 5.42. The van der Waals surface area contributed by atoms with Gasteiger partial charge in [-0.1, -0.05) is 24.3 Å². The van der Waals surface area contributed by atoms with E-state index in [1.54, 1.807) is 0 Å². The van der Waals surface area contributed by atoms with Gasteiger partial charge in [-0.05, 0) is 45.2 Å². The Morgan fingerprint density at radius 2 is 1.63 bits per heavy atom. The average Bonchev–Trinajstić information content (AvgIpc) is 2.71. The molecule has 0 spiro atoms. The smallest absolute Gasteiger partial charge is 0.191 e. The molecule has 0 saturated carbocycles. The van der Waals surface area contributed by atoms with E-state index in [0.29, 0.717) is 12.1 Å². The van der Waals surface area contributed by atoms with E-state index in [2.05, 4.69) is 77.4 Å². The highest BCUT2D eigenvalue weighted by atomic mass is 127. The number of rotatable bonds is 10. The number of halogens is 1. The van der Waals surface area contributed by atoms with Crippen LogP contribution in [-0.4, -0.2) is 74.3 Å². The third-order valence-corrected chi connectivity index (χ3v) is 5.43.